The van der Waals surface area contributed by atoms with Crippen LogP contribution in [-0.4, -0.2) is 31.3 Å². The van der Waals surface area contributed by atoms with Crippen LogP contribution in [0.15, 0.2) is 22.7 Å². The number of ether oxygens (including phenoxy) is 1. The van der Waals surface area contributed by atoms with Gasteiger partial charge in [0.25, 0.3) is 0 Å². The quantitative estimate of drug-likeness (QED) is 0.410. The summed E-state index contributed by atoms with van der Waals surface area (Å²) in [5.74, 6) is -1.39. The van der Waals surface area contributed by atoms with Crippen molar-refractivity contribution in [2.24, 2.45) is 0 Å². The van der Waals surface area contributed by atoms with Crippen LogP contribution in [-0.2, 0) is 14.9 Å². The lowest BCUT2D eigenvalue weighted by Gasteiger charge is -2.08. The molecule has 0 N–H and O–H groups in total. The fourth-order valence-corrected chi connectivity index (χ4v) is 2.16. The van der Waals surface area contributed by atoms with Crippen molar-refractivity contribution in [2.75, 3.05) is 12.4 Å². The Kier molecular flexibility index (Phi) is 5.35. The van der Waals surface area contributed by atoms with Gasteiger partial charge in [-0.1, -0.05) is 0 Å². The van der Waals surface area contributed by atoms with Gasteiger partial charge in [-0.05, 0) is 56.7 Å². The van der Waals surface area contributed by atoms with E-state index in [0.717, 1.165) is 3.57 Å². The van der Waals surface area contributed by atoms with Gasteiger partial charge in [0.05, 0.1) is 21.4 Å². The van der Waals surface area contributed by atoms with Crippen LogP contribution < -0.4 is 0 Å². The maximum absolute atomic E-state index is 11.6. The summed E-state index contributed by atoms with van der Waals surface area (Å²) in [5, 5.41) is 0. The number of esters is 1. The predicted octanol–water partition coefficient (Wildman–Crippen LogP) is 1.76. The zero-order valence-corrected chi connectivity index (χ0v) is 12.9. The van der Waals surface area contributed by atoms with Gasteiger partial charge in [-0.3, -0.25) is 0 Å². The molecule has 0 fully saturated rings. The lowest BCUT2D eigenvalue weighted by molar-refractivity contribution is 0.0527. The first-order valence-electron chi connectivity index (χ1n) is 4.35. The van der Waals surface area contributed by atoms with Gasteiger partial charge in [-0.25, -0.2) is 13.2 Å². The molecule has 0 aromatic heterocycles. The Labute approximate surface area is 121 Å². The largest absolute Gasteiger partial charge is 0.748 e. The molecule has 0 radical (unpaired) electrons. The molecule has 0 saturated carbocycles. The third-order valence-corrected chi connectivity index (χ3v) is 3.74. The average Bonchev–Trinajstić information content (AvgIpc) is 2.19. The molecule has 1 aromatic carbocycles. The number of carbonyl (C=O) groups is 1. The summed E-state index contributed by atoms with van der Waals surface area (Å²) in [6.45, 7) is -0.442. The highest BCUT2D eigenvalue weighted by Gasteiger charge is 2.12. The van der Waals surface area contributed by atoms with Crippen LogP contribution >= 0.6 is 38.5 Å². The number of halogens is 2. The normalized spacial score (nSPS) is 11.2. The molecule has 0 heterocycles. The van der Waals surface area contributed by atoms with Gasteiger partial charge >= 0.3 is 5.97 Å². The second-order valence-corrected chi connectivity index (χ2v) is 6.65. The summed E-state index contributed by atoms with van der Waals surface area (Å²) >= 11 is 5.21. The molecular weight excluding hydrogens is 427 g/mol. The van der Waals surface area contributed by atoms with E-state index in [1.54, 1.807) is 18.2 Å². The fraction of sp³-hybridized carbons (Fsp3) is 0.222. The van der Waals surface area contributed by atoms with Crippen molar-refractivity contribution in [3.05, 3.63) is 31.8 Å². The highest BCUT2D eigenvalue weighted by molar-refractivity contribution is 14.1. The Bertz CT molecular complexity index is 528. The maximum atomic E-state index is 11.6. The number of hydrogen-bond acceptors (Lipinski definition) is 5. The van der Waals surface area contributed by atoms with Crippen LogP contribution in [0.1, 0.15) is 10.4 Å². The highest BCUT2D eigenvalue weighted by Crippen LogP contribution is 2.20. The lowest BCUT2D eigenvalue weighted by Crippen LogP contribution is -2.15. The number of benzene rings is 1. The number of rotatable bonds is 4. The van der Waals surface area contributed by atoms with E-state index in [1.807, 2.05) is 22.6 Å². The molecule has 8 heteroatoms. The van der Waals surface area contributed by atoms with Gasteiger partial charge in [0, 0.05) is 8.04 Å². The van der Waals surface area contributed by atoms with E-state index in [4.69, 9.17) is 0 Å². The molecule has 1 rings (SSSR count). The predicted molar refractivity (Wildman–Crippen MR) is 71.7 cm³/mol. The SMILES string of the molecule is O=C(OCCS(=O)(=O)[O-])c1cc(I)ccc1Br. The van der Waals surface area contributed by atoms with Crippen LogP contribution in [0, 0.1) is 3.57 Å². The minimum absolute atomic E-state index is 0.292. The second-order valence-electron chi connectivity index (χ2n) is 3.02. The van der Waals surface area contributed by atoms with Gasteiger partial charge in [-0.2, -0.15) is 0 Å². The number of hydrogen-bond donors (Lipinski definition) is 0. The lowest BCUT2D eigenvalue weighted by atomic mass is 10.2. The van der Waals surface area contributed by atoms with Crippen LogP contribution in [0.4, 0.5) is 0 Å². The standard InChI is InChI=1S/C9H8BrIO5S/c10-8-2-1-6(11)5-7(8)9(12)16-3-4-17(13,14)15/h1-2,5H,3-4H2,(H,13,14,15)/p-1. The van der Waals surface area contributed by atoms with Crippen molar-refractivity contribution < 1.29 is 22.5 Å². The topological polar surface area (TPSA) is 83.5 Å². The first-order valence-corrected chi connectivity index (χ1v) is 7.80. The fourth-order valence-electron chi connectivity index (χ4n) is 0.968. The van der Waals surface area contributed by atoms with E-state index in [0.29, 0.717) is 10.0 Å². The van der Waals surface area contributed by atoms with Crippen LogP contribution in [0.25, 0.3) is 0 Å². The van der Waals surface area contributed by atoms with E-state index >= 15 is 0 Å². The zero-order chi connectivity index (χ0) is 13.1. The monoisotopic (exact) mass is 433 g/mol. The highest BCUT2D eigenvalue weighted by atomic mass is 127. The number of carbonyl (C=O) groups excluding carboxylic acids is 1. The van der Waals surface area contributed by atoms with Gasteiger partial charge < -0.3 is 9.29 Å². The minimum Gasteiger partial charge on any atom is -0.748 e. The molecule has 1 aromatic rings. The van der Waals surface area contributed by atoms with Crippen molar-refractivity contribution in [2.45, 2.75) is 0 Å². The molecular formula is C9H7BrIO5S-. The Morgan fingerprint density at radius 1 is 1.47 bits per heavy atom. The Hall–Kier alpha value is -0.190. The molecule has 0 aliphatic rings. The molecule has 0 saturated heterocycles. The molecule has 0 aliphatic carbocycles. The maximum Gasteiger partial charge on any atom is 0.339 e. The van der Waals surface area contributed by atoms with Crippen molar-refractivity contribution in [1.82, 2.24) is 0 Å². The van der Waals surface area contributed by atoms with Crippen LogP contribution in [0.3, 0.4) is 0 Å². The third-order valence-electron chi connectivity index (χ3n) is 1.71. The summed E-state index contributed by atoms with van der Waals surface area (Å²) in [6.07, 6.45) is 0. The van der Waals surface area contributed by atoms with Gasteiger partial charge in [-0.15, -0.1) is 0 Å². The molecule has 94 valence electrons. The Morgan fingerprint density at radius 2 is 2.12 bits per heavy atom. The minimum atomic E-state index is -4.36. The molecule has 0 aliphatic heterocycles. The molecule has 0 bridgehead atoms. The molecule has 0 spiro atoms. The Balaban J connectivity index is 2.67. The van der Waals surface area contributed by atoms with E-state index < -0.39 is 28.4 Å². The molecule has 5 nitrogen and oxygen atoms in total. The van der Waals surface area contributed by atoms with Crippen molar-refractivity contribution in [3.8, 4) is 0 Å². The van der Waals surface area contributed by atoms with E-state index in [9.17, 15) is 17.8 Å². The smallest absolute Gasteiger partial charge is 0.339 e. The summed E-state index contributed by atoms with van der Waals surface area (Å²) in [7, 11) is -4.36. The first-order chi connectivity index (χ1) is 7.79. The summed E-state index contributed by atoms with van der Waals surface area (Å²) < 4.78 is 37.0. The van der Waals surface area contributed by atoms with Gasteiger partial charge in [0.1, 0.15) is 6.61 Å². The van der Waals surface area contributed by atoms with Gasteiger partial charge in [0.2, 0.25) is 0 Å². The van der Waals surface area contributed by atoms with Crippen molar-refractivity contribution in [3.63, 3.8) is 0 Å². The summed E-state index contributed by atoms with van der Waals surface area (Å²) in [6, 6.07) is 5.07. The van der Waals surface area contributed by atoms with Crippen LogP contribution in [0.5, 0.6) is 0 Å². The van der Waals surface area contributed by atoms with Crippen molar-refractivity contribution >= 4 is 54.6 Å². The Morgan fingerprint density at radius 3 is 2.71 bits per heavy atom. The average molecular weight is 434 g/mol. The van der Waals surface area contributed by atoms with Crippen LogP contribution in [0.2, 0.25) is 0 Å². The molecule has 0 unspecified atom stereocenters. The summed E-state index contributed by atoms with van der Waals surface area (Å²) in [5.41, 5.74) is 0.292. The molecule has 0 atom stereocenters. The second kappa shape index (κ2) is 6.12. The molecule has 0 amide bonds. The van der Waals surface area contributed by atoms with E-state index in [-0.39, 0.29) is 0 Å². The third kappa shape index (κ3) is 5.32. The molecule has 17 heavy (non-hydrogen) atoms. The summed E-state index contributed by atoms with van der Waals surface area (Å²) in [4.78, 5) is 11.6. The van der Waals surface area contributed by atoms with Gasteiger partial charge in [0.15, 0.2) is 0 Å². The zero-order valence-electron chi connectivity index (χ0n) is 8.35. The first kappa shape index (κ1) is 14.9. The van der Waals surface area contributed by atoms with E-state index in [1.165, 1.54) is 0 Å². The van der Waals surface area contributed by atoms with Crippen molar-refractivity contribution in [1.29, 1.82) is 0 Å². The van der Waals surface area contributed by atoms with E-state index in [2.05, 4.69) is 20.7 Å².